The van der Waals surface area contributed by atoms with Crippen LogP contribution in [0.4, 0.5) is 0 Å². The van der Waals surface area contributed by atoms with E-state index in [1.807, 2.05) is 0 Å². The number of aromatic nitrogens is 2. The van der Waals surface area contributed by atoms with Crippen LogP contribution < -0.4 is 16.2 Å². The van der Waals surface area contributed by atoms with E-state index in [0.717, 1.165) is 0 Å². The first-order valence-corrected chi connectivity index (χ1v) is 4.80. The molecule has 0 atom stereocenters. The van der Waals surface area contributed by atoms with E-state index in [0.29, 0.717) is 11.0 Å². The Hall–Kier alpha value is -2.63. The highest BCUT2D eigenvalue weighted by atomic mass is 16.4. The minimum absolute atomic E-state index is 0.0542. The smallest absolute Gasteiger partial charge is 0.239 e. The third-order valence-electron chi connectivity index (χ3n) is 2.53. The molecular formula is C11H5N3O3. The highest BCUT2D eigenvalue weighted by molar-refractivity contribution is 5.86. The van der Waals surface area contributed by atoms with Crippen molar-refractivity contribution in [3.63, 3.8) is 0 Å². The summed E-state index contributed by atoms with van der Waals surface area (Å²) >= 11 is 0. The lowest BCUT2D eigenvalue weighted by atomic mass is 10.3. The number of hydrogen-bond acceptors (Lipinski definition) is 6. The number of benzene rings is 1. The fourth-order valence-corrected chi connectivity index (χ4v) is 1.73. The molecule has 82 valence electrons. The van der Waals surface area contributed by atoms with E-state index >= 15 is 0 Å². The summed E-state index contributed by atoms with van der Waals surface area (Å²) in [6, 6.07) is 6.89. The number of hydrogen-bond donors (Lipinski definition) is 1. The number of fused-ring (bicyclic) bond motifs is 2. The van der Waals surface area contributed by atoms with Crippen LogP contribution in [0.2, 0.25) is 0 Å². The summed E-state index contributed by atoms with van der Waals surface area (Å²) in [5.74, 6) is 0. The lowest BCUT2D eigenvalue weighted by Crippen LogP contribution is -2.31. The summed E-state index contributed by atoms with van der Waals surface area (Å²) in [5.41, 5.74) is -0.447. The molecule has 1 N–H and O–H groups in total. The first-order chi connectivity index (χ1) is 8.22. The Bertz CT molecular complexity index is 822. The Kier molecular flexibility index (Phi) is 1.79. The Labute approximate surface area is 93.2 Å². The van der Waals surface area contributed by atoms with Crippen LogP contribution in [0, 0.1) is 0 Å². The second-order valence-corrected chi connectivity index (χ2v) is 3.52. The average molecular weight is 227 g/mol. The van der Waals surface area contributed by atoms with Crippen molar-refractivity contribution in [1.82, 2.24) is 9.97 Å². The molecule has 6 nitrogen and oxygen atoms in total. The first-order valence-electron chi connectivity index (χ1n) is 4.80. The lowest BCUT2D eigenvalue weighted by molar-refractivity contribution is 0.301. The molecule has 0 spiro atoms. The van der Waals surface area contributed by atoms with Gasteiger partial charge in [0.05, 0.1) is 11.0 Å². The number of nitrogens with zero attached hydrogens (tertiary/aromatic N) is 3. The van der Waals surface area contributed by atoms with Crippen molar-refractivity contribution in [3.8, 4) is 0 Å². The van der Waals surface area contributed by atoms with Gasteiger partial charge in [0.2, 0.25) is 16.2 Å². The van der Waals surface area contributed by atoms with Crippen LogP contribution in [0.15, 0.2) is 39.0 Å². The van der Waals surface area contributed by atoms with Gasteiger partial charge in [0.25, 0.3) is 0 Å². The van der Waals surface area contributed by atoms with Crippen LogP contribution in [-0.4, -0.2) is 15.2 Å². The maximum absolute atomic E-state index is 11.7. The summed E-state index contributed by atoms with van der Waals surface area (Å²) in [6.45, 7) is 0. The molecule has 6 heteroatoms. The second-order valence-electron chi connectivity index (χ2n) is 3.52. The normalized spacial score (nSPS) is 11.1. The summed E-state index contributed by atoms with van der Waals surface area (Å²) in [4.78, 5) is 31.5. The Morgan fingerprint density at radius 3 is 1.82 bits per heavy atom. The third kappa shape index (κ3) is 1.17. The molecule has 1 aromatic heterocycles. The quantitative estimate of drug-likeness (QED) is 0.419. The highest BCUT2D eigenvalue weighted by Gasteiger charge is 2.14. The Balaban J connectivity index is 2.70. The predicted molar refractivity (Wildman–Crippen MR) is 59.3 cm³/mol. The molecular weight excluding hydrogens is 222 g/mol. The van der Waals surface area contributed by atoms with Gasteiger partial charge in [-0.2, -0.15) is 0 Å². The fourth-order valence-electron chi connectivity index (χ4n) is 1.73. The summed E-state index contributed by atoms with van der Waals surface area (Å²) in [5, 5.41) is 10.8. The van der Waals surface area contributed by atoms with Gasteiger partial charge in [-0.1, -0.05) is 17.3 Å². The molecule has 3 rings (SSSR count). The predicted octanol–water partition coefficient (Wildman–Crippen LogP) is -0.331. The van der Waals surface area contributed by atoms with E-state index in [1.165, 1.54) is 0 Å². The van der Waals surface area contributed by atoms with Crippen LogP contribution in [-0.2, 0) is 0 Å². The Morgan fingerprint density at radius 1 is 0.941 bits per heavy atom. The molecule has 0 fully saturated rings. The van der Waals surface area contributed by atoms with Crippen LogP contribution >= 0.6 is 0 Å². The van der Waals surface area contributed by atoms with Crippen LogP contribution in [0.5, 0.6) is 0 Å². The number of para-hydroxylation sites is 2. The van der Waals surface area contributed by atoms with Gasteiger partial charge in [0, 0.05) is 0 Å². The van der Waals surface area contributed by atoms with E-state index in [2.05, 4.69) is 15.1 Å². The van der Waals surface area contributed by atoms with Crippen LogP contribution in [0.3, 0.4) is 0 Å². The molecule has 17 heavy (non-hydrogen) atoms. The molecule has 0 aliphatic heterocycles. The SMILES string of the molecule is O=c1c(=NO)c(=O)c2nc3ccccc3nc12. The van der Waals surface area contributed by atoms with Crippen LogP contribution in [0.25, 0.3) is 22.1 Å². The molecule has 0 aliphatic rings. The zero-order valence-corrected chi connectivity index (χ0v) is 8.41. The van der Waals surface area contributed by atoms with Crippen LogP contribution in [0.1, 0.15) is 0 Å². The van der Waals surface area contributed by atoms with Gasteiger partial charge in [0.1, 0.15) is 11.0 Å². The minimum Gasteiger partial charge on any atom is -0.410 e. The maximum Gasteiger partial charge on any atom is 0.239 e. The lowest BCUT2D eigenvalue weighted by Gasteiger charge is -1.94. The summed E-state index contributed by atoms with van der Waals surface area (Å²) in [6.07, 6.45) is 0. The van der Waals surface area contributed by atoms with Gasteiger partial charge < -0.3 is 5.21 Å². The van der Waals surface area contributed by atoms with E-state index < -0.39 is 16.2 Å². The number of rotatable bonds is 0. The topological polar surface area (TPSA) is 92.5 Å². The first kappa shape index (κ1) is 9.59. The molecule has 0 bridgehead atoms. The van der Waals surface area contributed by atoms with Gasteiger partial charge >= 0.3 is 0 Å². The monoisotopic (exact) mass is 227 g/mol. The molecule has 0 saturated carbocycles. The molecule has 3 aromatic rings. The zero-order valence-electron chi connectivity index (χ0n) is 8.41. The fraction of sp³-hybridized carbons (Fsp3) is 0. The standard InChI is InChI=1S/C11H5N3O3/c15-10-7-8(11(16)9(10)14-17)13-6-4-2-1-3-5(6)12-7/h1-4,17H. The van der Waals surface area contributed by atoms with Gasteiger partial charge in [-0.05, 0) is 12.1 Å². The molecule has 0 aliphatic carbocycles. The maximum atomic E-state index is 11.7. The van der Waals surface area contributed by atoms with Crippen molar-refractivity contribution in [3.05, 3.63) is 50.1 Å². The molecule has 0 amide bonds. The zero-order chi connectivity index (χ0) is 12.0. The minimum atomic E-state index is -0.689. The summed E-state index contributed by atoms with van der Waals surface area (Å²) in [7, 11) is 0. The third-order valence-corrected chi connectivity index (χ3v) is 2.53. The van der Waals surface area contributed by atoms with Crippen molar-refractivity contribution in [1.29, 1.82) is 0 Å². The van der Waals surface area contributed by atoms with E-state index in [-0.39, 0.29) is 11.0 Å². The van der Waals surface area contributed by atoms with Crippen molar-refractivity contribution in [2.45, 2.75) is 0 Å². The largest absolute Gasteiger partial charge is 0.410 e. The highest BCUT2D eigenvalue weighted by Crippen LogP contribution is 2.10. The van der Waals surface area contributed by atoms with Crippen molar-refractivity contribution in [2.24, 2.45) is 5.16 Å². The summed E-state index contributed by atoms with van der Waals surface area (Å²) < 4.78 is 0. The Morgan fingerprint density at radius 2 is 1.41 bits per heavy atom. The van der Waals surface area contributed by atoms with Crippen molar-refractivity contribution < 1.29 is 5.21 Å². The van der Waals surface area contributed by atoms with E-state index in [9.17, 15) is 9.59 Å². The molecule has 0 radical (unpaired) electrons. The van der Waals surface area contributed by atoms with Crippen molar-refractivity contribution >= 4 is 22.1 Å². The van der Waals surface area contributed by atoms with E-state index in [4.69, 9.17) is 5.21 Å². The second kappa shape index (κ2) is 3.18. The molecule has 0 unspecified atom stereocenters. The van der Waals surface area contributed by atoms with Gasteiger partial charge in [-0.15, -0.1) is 0 Å². The van der Waals surface area contributed by atoms with E-state index in [1.54, 1.807) is 24.3 Å². The average Bonchev–Trinajstić information content (AvgIpc) is 2.59. The van der Waals surface area contributed by atoms with Gasteiger partial charge in [0.15, 0.2) is 0 Å². The van der Waals surface area contributed by atoms with Gasteiger partial charge in [-0.25, -0.2) is 9.97 Å². The van der Waals surface area contributed by atoms with Crippen molar-refractivity contribution in [2.75, 3.05) is 0 Å². The molecule has 2 aromatic carbocycles. The molecule has 1 heterocycles. The molecule has 0 saturated heterocycles. The van der Waals surface area contributed by atoms with Gasteiger partial charge in [-0.3, -0.25) is 9.59 Å².